The van der Waals surface area contributed by atoms with E-state index in [2.05, 4.69) is 13.5 Å². The molecule has 4 amide bonds. The maximum absolute atomic E-state index is 14.6. The maximum Gasteiger partial charge on any atom is 1.00 e. The Kier molecular flexibility index (Phi) is 16.4. The molecule has 9 rings (SSSR count). The molecule has 0 saturated heterocycles. The number of aryl methyl sites for hydroxylation is 1. The second-order valence-electron chi connectivity index (χ2n) is 15.3. The summed E-state index contributed by atoms with van der Waals surface area (Å²) in [6.45, 7) is 18.3. The molecule has 0 bridgehead atoms. The summed E-state index contributed by atoms with van der Waals surface area (Å²) in [6.07, 6.45) is 6.24. The molecular formula is C54H53CsN2O8. The smallest absolute Gasteiger partial charge is 0.508 e. The molecule has 0 saturated carbocycles. The average Bonchev–Trinajstić information content (AvgIpc) is 3.32. The fourth-order valence-electron chi connectivity index (χ4n) is 9.01. The summed E-state index contributed by atoms with van der Waals surface area (Å²) in [5.74, 6) is -1.50. The van der Waals surface area contributed by atoms with Gasteiger partial charge in [-0.1, -0.05) is 71.9 Å². The van der Waals surface area contributed by atoms with Crippen molar-refractivity contribution in [3.8, 4) is 11.5 Å². The van der Waals surface area contributed by atoms with Gasteiger partial charge in [-0.2, -0.15) is 6.42 Å². The van der Waals surface area contributed by atoms with Crippen molar-refractivity contribution in [1.82, 2.24) is 0 Å². The molecule has 2 heterocycles. The van der Waals surface area contributed by atoms with E-state index in [4.69, 9.17) is 9.47 Å². The summed E-state index contributed by atoms with van der Waals surface area (Å²) >= 11 is 0. The Morgan fingerprint density at radius 1 is 0.615 bits per heavy atom. The molecule has 7 aromatic carbocycles. The van der Waals surface area contributed by atoms with E-state index in [0.29, 0.717) is 75.3 Å². The minimum atomic E-state index is -0.469. The van der Waals surface area contributed by atoms with E-state index in [-0.39, 0.29) is 81.1 Å². The molecule has 65 heavy (non-hydrogen) atoms. The van der Waals surface area contributed by atoms with Gasteiger partial charge in [-0.15, -0.1) is 0 Å². The number of phenolic OH excluding ortho intramolecular Hbond substituents is 1. The molecule has 10 nitrogen and oxygen atoms in total. The molecule has 1 N–H and O–H groups in total. The Morgan fingerprint density at radius 3 is 1.51 bits per heavy atom. The first-order valence-electron chi connectivity index (χ1n) is 22.3. The molecule has 2 aliphatic rings. The standard InChI is InChI=1S/C50H41N2O8.2C2H6.Cs/c1-4-11-29-27-31(59-24-9-7-8-10-25-60-42(54)6-3)13-23-41(29)52-49(57)38-20-16-34-32-14-18-36-45-37(48(56)51(47(36)55)40-22-12-30(53)26-28(40)5-2)19-15-33(43(32)45)35-17-21-39(50(52)58)46(38)44(34)35;2*1-2;/h6,12-23,26-27,53H,2-5,7-11,24-25H2,1H3;2*1-2H3;/q-1;;;+1. The number of carbonyl (C=O) groups excluding carboxylic acids is 5. The van der Waals surface area contributed by atoms with E-state index < -0.39 is 29.6 Å². The van der Waals surface area contributed by atoms with Gasteiger partial charge in [-0.3, -0.25) is 19.2 Å². The predicted molar refractivity (Wildman–Crippen MR) is 255 cm³/mol. The zero-order chi connectivity index (χ0) is 45.8. The predicted octanol–water partition coefficient (Wildman–Crippen LogP) is 9.10. The van der Waals surface area contributed by atoms with Crippen molar-refractivity contribution in [3.63, 3.8) is 0 Å². The molecule has 7 aromatic rings. The first kappa shape index (κ1) is 49.4. The molecule has 0 radical (unpaired) electrons. The third-order valence-electron chi connectivity index (χ3n) is 11.7. The monoisotopic (exact) mass is 990 g/mol. The number of benzene rings is 7. The van der Waals surface area contributed by atoms with Gasteiger partial charge >= 0.3 is 74.9 Å². The van der Waals surface area contributed by atoms with Crippen molar-refractivity contribution in [1.29, 1.82) is 0 Å². The number of rotatable bonds is 14. The van der Waals surface area contributed by atoms with Crippen LogP contribution in [0.15, 0.2) is 97.6 Å². The van der Waals surface area contributed by atoms with Crippen LogP contribution in [0.25, 0.3) is 43.1 Å². The number of esters is 1. The van der Waals surface area contributed by atoms with Crippen molar-refractivity contribution >= 4 is 84.1 Å². The van der Waals surface area contributed by atoms with E-state index in [9.17, 15) is 29.1 Å². The number of ether oxygens (including phenoxy) is 2. The van der Waals surface area contributed by atoms with Gasteiger partial charge in [0.1, 0.15) is 11.5 Å². The van der Waals surface area contributed by atoms with Crippen LogP contribution in [0.3, 0.4) is 0 Å². The molecule has 0 spiro atoms. The van der Waals surface area contributed by atoms with E-state index in [1.54, 1.807) is 42.5 Å². The molecule has 328 valence electrons. The number of amides is 4. The zero-order valence-electron chi connectivity index (χ0n) is 38.1. The Hall–Kier alpha value is -5.02. The van der Waals surface area contributed by atoms with Crippen LogP contribution in [0.2, 0.25) is 0 Å². The molecule has 0 aromatic heterocycles. The molecule has 0 atom stereocenters. The van der Waals surface area contributed by atoms with Crippen molar-refractivity contribution in [3.05, 3.63) is 138 Å². The number of imide groups is 2. The second-order valence-corrected chi connectivity index (χ2v) is 15.3. The van der Waals surface area contributed by atoms with Crippen LogP contribution in [0.4, 0.5) is 11.4 Å². The summed E-state index contributed by atoms with van der Waals surface area (Å²) in [6, 6.07) is 24.6. The van der Waals surface area contributed by atoms with Crippen LogP contribution in [0, 0.1) is 6.92 Å². The van der Waals surface area contributed by atoms with E-state index in [1.165, 1.54) is 17.0 Å². The van der Waals surface area contributed by atoms with Gasteiger partial charge in [0.05, 0.1) is 24.6 Å². The van der Waals surface area contributed by atoms with Crippen LogP contribution in [-0.2, 0) is 22.4 Å². The summed E-state index contributed by atoms with van der Waals surface area (Å²) in [5, 5.41) is 16.0. The number of anilines is 2. The molecule has 0 aliphatic carbocycles. The van der Waals surface area contributed by atoms with E-state index in [0.717, 1.165) is 81.0 Å². The van der Waals surface area contributed by atoms with Crippen LogP contribution in [0.1, 0.15) is 119 Å². The third kappa shape index (κ3) is 8.86. The normalized spacial score (nSPS) is 12.8. The number of fused-ring (bicyclic) bond motifs is 2. The Balaban J connectivity index is 0.00000136. The van der Waals surface area contributed by atoms with Crippen LogP contribution < -0.4 is 83.4 Å². The molecule has 11 heteroatoms. The maximum atomic E-state index is 14.6. The average molecular weight is 991 g/mol. The van der Waals surface area contributed by atoms with Crippen LogP contribution >= 0.6 is 0 Å². The number of unbranched alkanes of at least 4 members (excludes halogenated alkanes) is 3. The summed E-state index contributed by atoms with van der Waals surface area (Å²) < 4.78 is 11.1. The van der Waals surface area contributed by atoms with Gasteiger partial charge in [-0.25, -0.2) is 14.6 Å². The quantitative estimate of drug-likeness (QED) is 0.0217. The number of hydrogen-bond donors (Lipinski definition) is 1. The van der Waals surface area contributed by atoms with Gasteiger partial charge in [0, 0.05) is 39.1 Å². The minimum Gasteiger partial charge on any atom is -0.508 e. The van der Waals surface area contributed by atoms with E-state index in [1.807, 2.05) is 65.0 Å². The SMILES string of the molecule is C=CC(=O)OCCCCCCOc1ccc(N2C(=O)c3ccc4c5ccc6c7c(ccc(c8ccc(c3c48)C2=O)c75)C(=O)N(c2ccc(O)cc2C[CH2-])C6=O)c(CCC)c1.CC.CC.[Cs+]. The summed E-state index contributed by atoms with van der Waals surface area (Å²) in [4.78, 5) is 71.2. The fraction of sp³-hybridized carbons (Fsp3) is 0.259. The molecule has 0 unspecified atom stereocenters. The number of carbonyl (C=O) groups is 5. The van der Waals surface area contributed by atoms with Crippen molar-refractivity contribution < 1.29 is 107 Å². The van der Waals surface area contributed by atoms with Gasteiger partial charge in [-0.05, 0) is 136 Å². The van der Waals surface area contributed by atoms with Crippen LogP contribution in [-0.4, -0.2) is 47.9 Å². The van der Waals surface area contributed by atoms with Gasteiger partial charge < -0.3 is 21.5 Å². The van der Waals surface area contributed by atoms with E-state index >= 15 is 0 Å². The second kappa shape index (κ2) is 21.5. The first-order chi connectivity index (χ1) is 31.2. The molecule has 2 aliphatic heterocycles. The van der Waals surface area contributed by atoms with Crippen molar-refractivity contribution in [2.75, 3.05) is 23.0 Å². The zero-order valence-corrected chi connectivity index (χ0v) is 44.4. The first-order valence-corrected chi connectivity index (χ1v) is 22.3. The largest absolute Gasteiger partial charge is 1.00 e. The molecular weight excluding hydrogens is 938 g/mol. The minimum absolute atomic E-state index is 0. The summed E-state index contributed by atoms with van der Waals surface area (Å²) in [5.41, 5.74) is 3.88. The fourth-order valence-corrected chi connectivity index (χ4v) is 9.01. The van der Waals surface area contributed by atoms with Gasteiger partial charge in [0.15, 0.2) is 0 Å². The Morgan fingerprint density at radius 2 is 1.06 bits per heavy atom. The third-order valence-corrected chi connectivity index (χ3v) is 11.7. The van der Waals surface area contributed by atoms with Crippen molar-refractivity contribution in [2.24, 2.45) is 0 Å². The Labute approximate surface area is 438 Å². The molecule has 0 fully saturated rings. The summed E-state index contributed by atoms with van der Waals surface area (Å²) in [7, 11) is 0. The number of phenols is 1. The Bertz CT molecular complexity index is 2870. The van der Waals surface area contributed by atoms with Crippen LogP contribution in [0.5, 0.6) is 11.5 Å². The topological polar surface area (TPSA) is 131 Å². The number of hydrogen-bond acceptors (Lipinski definition) is 8. The van der Waals surface area contributed by atoms with Gasteiger partial charge in [0.2, 0.25) is 0 Å². The van der Waals surface area contributed by atoms with Gasteiger partial charge in [0.25, 0.3) is 23.6 Å². The van der Waals surface area contributed by atoms with Crippen molar-refractivity contribution in [2.45, 2.75) is 79.6 Å². The number of nitrogens with zero attached hydrogens (tertiary/aromatic N) is 2. The number of aromatic hydroxyl groups is 1.